The molecule has 0 heterocycles. The molecule has 0 saturated carbocycles. The molecule has 0 rings (SSSR count). The predicted molar refractivity (Wildman–Crippen MR) is 142 cm³/mol. The first kappa shape index (κ1) is 33.0. The molecule has 0 fully saturated rings. The maximum Gasteiger partial charge on any atom is 0.474 e. The van der Waals surface area contributed by atoms with Crippen molar-refractivity contribution in [3.63, 3.8) is 0 Å². The number of phosphoric acid groups is 1. The first-order valence-electron chi connectivity index (χ1n) is 12.1. The Kier molecular flexibility index (Phi) is 22.3. The van der Waals surface area contributed by atoms with E-state index in [0.717, 1.165) is 38.5 Å². The second-order valence-electron chi connectivity index (χ2n) is 7.40. The van der Waals surface area contributed by atoms with Gasteiger partial charge < -0.3 is 9.84 Å². The molecule has 1 N–H and O–H groups in total. The minimum Gasteiger partial charge on any atom is -0.463 e. The Labute approximate surface area is 211 Å². The number of carbonyl (C=O) groups is 1. The highest BCUT2D eigenvalue weighted by Gasteiger charge is 2.24. The van der Waals surface area contributed by atoms with Crippen molar-refractivity contribution in [1.82, 2.24) is 0 Å². The normalized spacial score (nSPS) is 14.1. The van der Waals surface area contributed by atoms with Crippen LogP contribution >= 0.6 is 7.82 Å². The van der Waals surface area contributed by atoms with Crippen LogP contribution in [0.25, 0.3) is 0 Å². The summed E-state index contributed by atoms with van der Waals surface area (Å²) in [4.78, 5) is 11.7. The largest absolute Gasteiger partial charge is 0.474 e. The number of aliphatic hydroxyl groups is 1. The minimum absolute atomic E-state index is 0.213. The summed E-state index contributed by atoms with van der Waals surface area (Å²) in [5.41, 5.74) is 0. The molecule has 0 aliphatic heterocycles. The van der Waals surface area contributed by atoms with Crippen molar-refractivity contribution in [3.05, 3.63) is 72.9 Å². The number of phosphoric ester groups is 1. The third-order valence-corrected chi connectivity index (χ3v) is 5.78. The minimum atomic E-state index is -3.66. The second kappa shape index (κ2) is 23.7. The van der Waals surface area contributed by atoms with Gasteiger partial charge in [-0.2, -0.15) is 0 Å². The Balaban J connectivity index is 3.74. The number of allylic oxidation sites excluding steroid dienone is 12. The molecule has 0 spiro atoms. The molecule has 198 valence electrons. The van der Waals surface area contributed by atoms with Gasteiger partial charge in [0.25, 0.3) is 0 Å². The van der Waals surface area contributed by atoms with Crippen LogP contribution in [0.15, 0.2) is 72.9 Å². The van der Waals surface area contributed by atoms with Crippen LogP contribution in [-0.2, 0) is 27.7 Å². The highest BCUT2D eigenvalue weighted by Crippen LogP contribution is 2.47. The van der Waals surface area contributed by atoms with Gasteiger partial charge in [-0.1, -0.05) is 79.8 Å². The topological polar surface area (TPSA) is 91.3 Å². The van der Waals surface area contributed by atoms with Crippen LogP contribution < -0.4 is 0 Å². The highest BCUT2D eigenvalue weighted by atomic mass is 31.2. The summed E-state index contributed by atoms with van der Waals surface area (Å²) in [6, 6.07) is 0. The molecule has 8 heteroatoms. The molecule has 0 aromatic rings. The van der Waals surface area contributed by atoms with Gasteiger partial charge in [0.1, 0.15) is 12.7 Å². The molecule has 35 heavy (non-hydrogen) atoms. The fourth-order valence-corrected chi connectivity index (χ4v) is 3.22. The first-order chi connectivity index (χ1) is 17.0. The summed E-state index contributed by atoms with van der Waals surface area (Å²) in [5, 5.41) is 9.72. The average Bonchev–Trinajstić information content (AvgIpc) is 2.87. The van der Waals surface area contributed by atoms with Crippen molar-refractivity contribution in [2.24, 2.45) is 0 Å². The van der Waals surface area contributed by atoms with Gasteiger partial charge in [-0.05, 0) is 44.9 Å². The van der Waals surface area contributed by atoms with Gasteiger partial charge in [0.05, 0.1) is 6.61 Å². The van der Waals surface area contributed by atoms with Crippen LogP contribution in [0.3, 0.4) is 0 Å². The Morgan fingerprint density at radius 1 is 0.743 bits per heavy atom. The molecule has 0 unspecified atom stereocenters. The third kappa shape index (κ3) is 22.2. The number of carbonyl (C=O) groups excluding carboxylic acids is 1. The predicted octanol–water partition coefficient (Wildman–Crippen LogP) is 6.79. The summed E-state index contributed by atoms with van der Waals surface area (Å²) in [6.07, 6.45) is 30.9. The lowest BCUT2D eigenvalue weighted by Gasteiger charge is -2.16. The van der Waals surface area contributed by atoms with E-state index in [9.17, 15) is 14.5 Å². The number of ether oxygens (including phenoxy) is 1. The molecule has 0 amide bonds. The van der Waals surface area contributed by atoms with Crippen LogP contribution in [0.4, 0.5) is 0 Å². The molecule has 1 atom stereocenters. The summed E-state index contributed by atoms with van der Waals surface area (Å²) < 4.78 is 30.7. The van der Waals surface area contributed by atoms with Crippen LogP contribution in [-0.4, -0.2) is 44.6 Å². The van der Waals surface area contributed by atoms with Crippen molar-refractivity contribution in [3.8, 4) is 0 Å². The summed E-state index contributed by atoms with van der Waals surface area (Å²) in [7, 11) is -1.31. The maximum atomic E-state index is 11.7. The standard InChI is InChI=1S/C27H43O7P/c1-4-5-6-7-8-9-10-11-12-13-14-15-16-17-18-19-20-21-22-23-27(29)33-24-26(28)25-34-35(30,31-2)32-3/h5-6,8-9,11-12,14-15,17-18,20-21,26,28H,4,7,10,13,16,19,22-25H2,1-3H3/b6-5-,9-8-,12-11-,15-14-,18-17-,21-20-/t26-/m1/s1. The molecule has 0 saturated heterocycles. The number of rotatable bonds is 21. The Bertz CT molecular complexity index is 743. The third-order valence-electron chi connectivity index (χ3n) is 4.42. The van der Waals surface area contributed by atoms with E-state index in [4.69, 9.17) is 9.26 Å². The molecule has 0 aliphatic carbocycles. The lowest BCUT2D eigenvalue weighted by Crippen LogP contribution is -2.23. The molecule has 0 aromatic heterocycles. The van der Waals surface area contributed by atoms with Gasteiger partial charge in [0, 0.05) is 20.6 Å². The number of hydrogen-bond acceptors (Lipinski definition) is 7. The molecular weight excluding hydrogens is 467 g/mol. The van der Waals surface area contributed by atoms with Crippen molar-refractivity contribution in [2.45, 2.75) is 64.4 Å². The number of aliphatic hydroxyl groups excluding tert-OH is 1. The Morgan fingerprint density at radius 3 is 1.60 bits per heavy atom. The lowest BCUT2D eigenvalue weighted by atomic mass is 10.2. The van der Waals surface area contributed by atoms with Gasteiger partial charge >= 0.3 is 13.8 Å². The van der Waals surface area contributed by atoms with Crippen LogP contribution in [0.1, 0.15) is 58.3 Å². The van der Waals surface area contributed by atoms with E-state index in [0.29, 0.717) is 6.42 Å². The van der Waals surface area contributed by atoms with E-state index in [-0.39, 0.29) is 19.6 Å². The van der Waals surface area contributed by atoms with Crippen LogP contribution in [0, 0.1) is 0 Å². The first-order valence-corrected chi connectivity index (χ1v) is 13.5. The van der Waals surface area contributed by atoms with Crippen molar-refractivity contribution in [2.75, 3.05) is 27.4 Å². The lowest BCUT2D eigenvalue weighted by molar-refractivity contribution is -0.147. The zero-order valence-electron chi connectivity index (χ0n) is 21.4. The smallest absolute Gasteiger partial charge is 0.463 e. The highest BCUT2D eigenvalue weighted by molar-refractivity contribution is 7.48. The number of esters is 1. The van der Waals surface area contributed by atoms with Gasteiger partial charge in [-0.25, -0.2) is 4.57 Å². The van der Waals surface area contributed by atoms with Crippen LogP contribution in [0.5, 0.6) is 0 Å². The van der Waals surface area contributed by atoms with E-state index in [2.05, 4.69) is 76.7 Å². The number of hydrogen-bond donors (Lipinski definition) is 1. The zero-order chi connectivity index (χ0) is 26.0. The van der Waals surface area contributed by atoms with E-state index in [1.807, 2.05) is 12.2 Å². The quantitative estimate of drug-likeness (QED) is 0.103. The van der Waals surface area contributed by atoms with Gasteiger partial charge in [-0.3, -0.25) is 18.4 Å². The SMILES string of the molecule is CC/C=C\C/C=C\C/C=C\C/C=C\C/C=C\C/C=C\CCC(=O)OC[C@@H](O)COP(=O)(OC)OC. The van der Waals surface area contributed by atoms with Crippen molar-refractivity contribution >= 4 is 13.8 Å². The maximum absolute atomic E-state index is 11.7. The van der Waals surface area contributed by atoms with Crippen molar-refractivity contribution < 1.29 is 32.8 Å². The molecule has 0 radical (unpaired) electrons. The summed E-state index contributed by atoms with van der Waals surface area (Å²) in [5.74, 6) is -0.426. The molecule has 0 bridgehead atoms. The Morgan fingerprint density at radius 2 is 1.17 bits per heavy atom. The molecule has 7 nitrogen and oxygen atoms in total. The molecule has 0 aromatic carbocycles. The molecular formula is C27H43O7P. The van der Waals surface area contributed by atoms with E-state index in [1.54, 1.807) is 0 Å². The fourth-order valence-electron chi connectivity index (χ4n) is 2.51. The average molecular weight is 511 g/mol. The zero-order valence-corrected chi connectivity index (χ0v) is 22.3. The summed E-state index contributed by atoms with van der Waals surface area (Å²) in [6.45, 7) is 1.55. The van der Waals surface area contributed by atoms with Gasteiger partial charge in [0.2, 0.25) is 0 Å². The van der Waals surface area contributed by atoms with Gasteiger partial charge in [-0.15, -0.1) is 0 Å². The fraction of sp³-hybridized carbons (Fsp3) is 0.519. The molecule has 0 aliphatic rings. The second-order valence-corrected chi connectivity index (χ2v) is 9.28. The van der Waals surface area contributed by atoms with Crippen LogP contribution in [0.2, 0.25) is 0 Å². The summed E-state index contributed by atoms with van der Waals surface area (Å²) >= 11 is 0. The van der Waals surface area contributed by atoms with E-state index < -0.39 is 19.9 Å². The monoisotopic (exact) mass is 510 g/mol. The van der Waals surface area contributed by atoms with E-state index in [1.165, 1.54) is 14.2 Å². The van der Waals surface area contributed by atoms with Crippen molar-refractivity contribution in [1.29, 1.82) is 0 Å². The van der Waals surface area contributed by atoms with Gasteiger partial charge in [0.15, 0.2) is 0 Å². The van der Waals surface area contributed by atoms with E-state index >= 15 is 0 Å². The Hall–Kier alpha value is -2.02.